The van der Waals surface area contributed by atoms with Crippen molar-refractivity contribution >= 4 is 21.9 Å². The molecular formula is C19H23NO. The third-order valence-corrected chi connectivity index (χ3v) is 4.25. The van der Waals surface area contributed by atoms with Gasteiger partial charge in [-0.15, -0.1) is 0 Å². The molecule has 1 unspecified atom stereocenters. The SMILES string of the molecule is CCCCCC(NC)c1ccc2oc3ccccc3c2c1. The molecule has 2 nitrogen and oxygen atoms in total. The van der Waals surface area contributed by atoms with Crippen LogP contribution in [0.2, 0.25) is 0 Å². The van der Waals surface area contributed by atoms with Crippen LogP contribution in [0.1, 0.15) is 44.2 Å². The molecule has 0 fully saturated rings. The van der Waals surface area contributed by atoms with Gasteiger partial charge < -0.3 is 9.73 Å². The van der Waals surface area contributed by atoms with Crippen LogP contribution in [0.25, 0.3) is 21.9 Å². The second-order valence-corrected chi connectivity index (χ2v) is 5.69. The summed E-state index contributed by atoms with van der Waals surface area (Å²) in [5.74, 6) is 0. The zero-order valence-electron chi connectivity index (χ0n) is 12.9. The first-order valence-electron chi connectivity index (χ1n) is 7.92. The van der Waals surface area contributed by atoms with Gasteiger partial charge >= 0.3 is 0 Å². The number of hydrogen-bond acceptors (Lipinski definition) is 2. The molecule has 1 aromatic heterocycles. The zero-order chi connectivity index (χ0) is 14.7. The lowest BCUT2D eigenvalue weighted by Crippen LogP contribution is -2.16. The van der Waals surface area contributed by atoms with Gasteiger partial charge in [0, 0.05) is 16.8 Å². The second kappa shape index (κ2) is 6.31. The van der Waals surface area contributed by atoms with Crippen LogP contribution in [0.5, 0.6) is 0 Å². The van der Waals surface area contributed by atoms with Crippen molar-refractivity contribution in [3.05, 3.63) is 48.0 Å². The minimum Gasteiger partial charge on any atom is -0.456 e. The van der Waals surface area contributed by atoms with Gasteiger partial charge in [0.15, 0.2) is 0 Å². The van der Waals surface area contributed by atoms with Crippen molar-refractivity contribution < 1.29 is 4.42 Å². The molecule has 110 valence electrons. The Morgan fingerprint density at radius 2 is 1.81 bits per heavy atom. The largest absolute Gasteiger partial charge is 0.456 e. The van der Waals surface area contributed by atoms with Crippen LogP contribution in [0.4, 0.5) is 0 Å². The minimum atomic E-state index is 0.426. The summed E-state index contributed by atoms with van der Waals surface area (Å²) >= 11 is 0. The predicted molar refractivity (Wildman–Crippen MR) is 89.7 cm³/mol. The molecule has 2 aromatic carbocycles. The van der Waals surface area contributed by atoms with E-state index in [0.717, 1.165) is 11.2 Å². The average Bonchev–Trinajstić information content (AvgIpc) is 2.89. The maximum atomic E-state index is 5.90. The molecule has 1 atom stereocenters. The summed E-state index contributed by atoms with van der Waals surface area (Å²) < 4.78 is 5.90. The van der Waals surface area contributed by atoms with E-state index >= 15 is 0 Å². The number of unbranched alkanes of at least 4 members (excludes halogenated alkanes) is 2. The van der Waals surface area contributed by atoms with E-state index in [1.165, 1.54) is 42.0 Å². The zero-order valence-corrected chi connectivity index (χ0v) is 12.9. The lowest BCUT2D eigenvalue weighted by atomic mass is 9.99. The first-order valence-corrected chi connectivity index (χ1v) is 7.92. The summed E-state index contributed by atoms with van der Waals surface area (Å²) in [7, 11) is 2.05. The fourth-order valence-electron chi connectivity index (χ4n) is 3.04. The second-order valence-electron chi connectivity index (χ2n) is 5.69. The molecule has 0 aliphatic heterocycles. The van der Waals surface area contributed by atoms with Crippen molar-refractivity contribution in [3.63, 3.8) is 0 Å². The lowest BCUT2D eigenvalue weighted by Gasteiger charge is -2.16. The van der Waals surface area contributed by atoms with Crippen LogP contribution < -0.4 is 5.32 Å². The van der Waals surface area contributed by atoms with Crippen molar-refractivity contribution in [2.75, 3.05) is 7.05 Å². The third-order valence-electron chi connectivity index (χ3n) is 4.25. The Labute approximate surface area is 126 Å². The third kappa shape index (κ3) is 2.81. The molecule has 0 aliphatic carbocycles. The molecule has 0 saturated heterocycles. The molecule has 1 heterocycles. The van der Waals surface area contributed by atoms with E-state index in [1.807, 2.05) is 19.2 Å². The topological polar surface area (TPSA) is 25.2 Å². The van der Waals surface area contributed by atoms with Gasteiger partial charge in [-0.3, -0.25) is 0 Å². The standard InChI is InChI=1S/C19H23NO/c1-3-4-5-9-17(20-2)14-11-12-19-16(13-14)15-8-6-7-10-18(15)21-19/h6-8,10-13,17,20H,3-5,9H2,1-2H3. The molecule has 3 aromatic rings. The fourth-order valence-corrected chi connectivity index (χ4v) is 3.04. The molecule has 0 amide bonds. The van der Waals surface area contributed by atoms with E-state index in [0.29, 0.717) is 6.04 Å². The molecular weight excluding hydrogens is 258 g/mol. The van der Waals surface area contributed by atoms with Crippen LogP contribution in [0.3, 0.4) is 0 Å². The molecule has 2 heteroatoms. The Morgan fingerprint density at radius 1 is 1.00 bits per heavy atom. The molecule has 0 spiro atoms. The highest BCUT2D eigenvalue weighted by atomic mass is 16.3. The molecule has 1 N–H and O–H groups in total. The maximum Gasteiger partial charge on any atom is 0.135 e. The van der Waals surface area contributed by atoms with Gasteiger partial charge in [-0.25, -0.2) is 0 Å². The van der Waals surface area contributed by atoms with Gasteiger partial charge in [-0.2, -0.15) is 0 Å². The average molecular weight is 281 g/mol. The highest BCUT2D eigenvalue weighted by Crippen LogP contribution is 2.31. The summed E-state index contributed by atoms with van der Waals surface area (Å²) in [6, 6.07) is 15.3. The van der Waals surface area contributed by atoms with Crippen molar-refractivity contribution in [1.29, 1.82) is 0 Å². The van der Waals surface area contributed by atoms with Crippen LogP contribution >= 0.6 is 0 Å². The van der Waals surface area contributed by atoms with Crippen molar-refractivity contribution in [2.24, 2.45) is 0 Å². The monoisotopic (exact) mass is 281 g/mol. The molecule has 3 rings (SSSR count). The van der Waals surface area contributed by atoms with Gasteiger partial charge in [0.2, 0.25) is 0 Å². The number of benzene rings is 2. The van der Waals surface area contributed by atoms with E-state index in [4.69, 9.17) is 4.42 Å². The summed E-state index contributed by atoms with van der Waals surface area (Å²) in [6.07, 6.45) is 5.02. The maximum absolute atomic E-state index is 5.90. The Balaban J connectivity index is 1.96. The first-order chi connectivity index (χ1) is 10.3. The summed E-state index contributed by atoms with van der Waals surface area (Å²) in [6.45, 7) is 2.25. The van der Waals surface area contributed by atoms with Gasteiger partial charge in [0.25, 0.3) is 0 Å². The number of nitrogens with one attached hydrogen (secondary N) is 1. The number of rotatable bonds is 6. The van der Waals surface area contributed by atoms with E-state index in [9.17, 15) is 0 Å². The van der Waals surface area contributed by atoms with E-state index < -0.39 is 0 Å². The molecule has 0 radical (unpaired) electrons. The summed E-state index contributed by atoms with van der Waals surface area (Å²) in [5.41, 5.74) is 3.30. The summed E-state index contributed by atoms with van der Waals surface area (Å²) in [5, 5.41) is 5.88. The van der Waals surface area contributed by atoms with Gasteiger partial charge in [0.05, 0.1) is 0 Å². The lowest BCUT2D eigenvalue weighted by molar-refractivity contribution is 0.512. The highest BCUT2D eigenvalue weighted by Gasteiger charge is 2.12. The number of hydrogen-bond donors (Lipinski definition) is 1. The van der Waals surface area contributed by atoms with E-state index in [2.05, 4.69) is 42.6 Å². The Hall–Kier alpha value is -1.80. The Bertz CT molecular complexity index is 729. The highest BCUT2D eigenvalue weighted by molar-refractivity contribution is 6.05. The minimum absolute atomic E-state index is 0.426. The van der Waals surface area contributed by atoms with Gasteiger partial charge in [-0.05, 0) is 37.2 Å². The first kappa shape index (κ1) is 14.2. The molecule has 0 bridgehead atoms. The van der Waals surface area contributed by atoms with Crippen LogP contribution in [-0.4, -0.2) is 7.05 Å². The van der Waals surface area contributed by atoms with E-state index in [1.54, 1.807) is 0 Å². The number of furan rings is 1. The molecule has 0 aliphatic rings. The van der Waals surface area contributed by atoms with Crippen molar-refractivity contribution in [1.82, 2.24) is 5.32 Å². The molecule has 21 heavy (non-hydrogen) atoms. The normalized spacial score (nSPS) is 13.0. The summed E-state index contributed by atoms with van der Waals surface area (Å²) in [4.78, 5) is 0. The number of fused-ring (bicyclic) bond motifs is 3. The Kier molecular flexibility index (Phi) is 4.26. The van der Waals surface area contributed by atoms with Crippen LogP contribution in [0, 0.1) is 0 Å². The van der Waals surface area contributed by atoms with E-state index in [-0.39, 0.29) is 0 Å². The van der Waals surface area contributed by atoms with Crippen molar-refractivity contribution in [2.45, 2.75) is 38.6 Å². The van der Waals surface area contributed by atoms with Gasteiger partial charge in [0.1, 0.15) is 11.2 Å². The van der Waals surface area contributed by atoms with Crippen LogP contribution in [0.15, 0.2) is 46.9 Å². The van der Waals surface area contributed by atoms with Gasteiger partial charge in [-0.1, -0.05) is 50.5 Å². The van der Waals surface area contributed by atoms with Crippen molar-refractivity contribution in [3.8, 4) is 0 Å². The smallest absolute Gasteiger partial charge is 0.135 e. The predicted octanol–water partition coefficient (Wildman–Crippen LogP) is 5.43. The quantitative estimate of drug-likeness (QED) is 0.610. The Morgan fingerprint density at radius 3 is 2.62 bits per heavy atom. The number of para-hydroxylation sites is 1. The van der Waals surface area contributed by atoms with Crippen LogP contribution in [-0.2, 0) is 0 Å². The fraction of sp³-hybridized carbons (Fsp3) is 0.368. The molecule has 0 saturated carbocycles.